The van der Waals surface area contributed by atoms with Crippen LogP contribution in [0.3, 0.4) is 0 Å². The van der Waals surface area contributed by atoms with E-state index in [9.17, 15) is 0 Å². The van der Waals surface area contributed by atoms with Crippen molar-refractivity contribution >= 4 is 8.38 Å². The summed E-state index contributed by atoms with van der Waals surface area (Å²) in [4.78, 5) is 2.51. The molecule has 110 valence electrons. The first-order valence-corrected chi connectivity index (χ1v) is 8.40. The molecule has 6 heteroatoms. The van der Waals surface area contributed by atoms with Crippen molar-refractivity contribution in [2.45, 2.75) is 13.3 Å². The third-order valence-corrected chi connectivity index (χ3v) is 5.55. The van der Waals surface area contributed by atoms with E-state index in [0.29, 0.717) is 0 Å². The molecule has 3 fully saturated rings. The number of hydrogen-bond donors (Lipinski definition) is 1. The smallest absolute Gasteiger partial charge is 0.238 e. The molecule has 0 amide bonds. The Hall–Kier alpha value is -0.0300. The zero-order valence-corrected chi connectivity index (χ0v) is 12.9. The summed E-state index contributed by atoms with van der Waals surface area (Å²) >= 11 is 0. The van der Waals surface area contributed by atoms with Crippen LogP contribution in [0, 0.1) is 0 Å². The maximum absolute atomic E-state index is 8.97. The number of aliphatic hydroxyl groups excluding tert-OH is 1. The molecule has 0 radical (unpaired) electrons. The van der Waals surface area contributed by atoms with E-state index in [4.69, 9.17) is 14.3 Å². The monoisotopic (exact) mass is 289 g/mol. The van der Waals surface area contributed by atoms with Gasteiger partial charge in [-0.3, -0.25) is 4.90 Å². The van der Waals surface area contributed by atoms with Crippen molar-refractivity contribution in [1.29, 1.82) is 0 Å². The lowest BCUT2D eigenvalue weighted by atomic mass is 10.2. The summed E-state index contributed by atoms with van der Waals surface area (Å²) in [7, 11) is 0.924. The number of fused-ring (bicyclic) bond motifs is 3. The van der Waals surface area contributed by atoms with Gasteiger partial charge >= 0.3 is 0 Å². The van der Waals surface area contributed by atoms with E-state index >= 15 is 0 Å². The molecule has 0 aromatic rings. The van der Waals surface area contributed by atoms with Gasteiger partial charge in [0, 0.05) is 13.3 Å². The number of aliphatic hydroxyl groups is 1. The first-order valence-electron chi connectivity index (χ1n) is 7.04. The second-order valence-electron chi connectivity index (χ2n) is 5.39. The first-order chi connectivity index (χ1) is 9.17. The second-order valence-corrected chi connectivity index (χ2v) is 7.03. The minimum atomic E-state index is -0.819. The van der Waals surface area contributed by atoms with Crippen LogP contribution in [0.1, 0.15) is 13.3 Å². The van der Waals surface area contributed by atoms with Crippen molar-refractivity contribution in [2.75, 3.05) is 59.1 Å². The van der Waals surface area contributed by atoms with E-state index in [1.807, 2.05) is 6.92 Å². The van der Waals surface area contributed by atoms with E-state index in [0.717, 1.165) is 62.1 Å². The quantitative estimate of drug-likeness (QED) is 0.436. The molecule has 5 nitrogen and oxygen atoms in total. The van der Waals surface area contributed by atoms with Gasteiger partial charge in [0.1, 0.15) is 19.6 Å². The number of quaternary nitrogens is 1. The Kier molecular flexibility index (Phi) is 5.75. The molecule has 3 heterocycles. The van der Waals surface area contributed by atoms with Crippen molar-refractivity contribution < 1.29 is 18.9 Å². The van der Waals surface area contributed by atoms with Crippen molar-refractivity contribution in [3.05, 3.63) is 11.6 Å². The van der Waals surface area contributed by atoms with E-state index in [1.165, 1.54) is 0 Å². The number of piperazine rings is 3. The minimum Gasteiger partial charge on any atom is -0.392 e. The highest BCUT2D eigenvalue weighted by Crippen LogP contribution is 2.43. The highest BCUT2D eigenvalue weighted by atomic mass is 31.2. The number of rotatable bonds is 7. The summed E-state index contributed by atoms with van der Waals surface area (Å²) in [6, 6.07) is 0. The van der Waals surface area contributed by atoms with Gasteiger partial charge in [-0.2, -0.15) is 9.27 Å². The van der Waals surface area contributed by atoms with Gasteiger partial charge < -0.3 is 9.63 Å². The molecule has 1 N–H and O–H groups in total. The lowest BCUT2D eigenvalue weighted by Crippen LogP contribution is -2.66. The fraction of sp³-hybridized carbons (Fsp3) is 0.846. The molecule has 1 unspecified atom stereocenters. The molecule has 0 saturated carbocycles. The predicted molar refractivity (Wildman–Crippen MR) is 76.6 cm³/mol. The Morgan fingerprint density at radius 2 is 1.95 bits per heavy atom. The molecule has 0 spiro atoms. The van der Waals surface area contributed by atoms with Crippen LogP contribution < -0.4 is 0 Å². The van der Waals surface area contributed by atoms with Crippen LogP contribution in [0.4, 0.5) is 0 Å². The maximum atomic E-state index is 8.97. The van der Waals surface area contributed by atoms with Crippen LogP contribution in [-0.2, 0) is 9.15 Å². The largest absolute Gasteiger partial charge is 0.392 e. The van der Waals surface area contributed by atoms with E-state index in [2.05, 4.69) is 11.0 Å². The van der Waals surface area contributed by atoms with Gasteiger partial charge in [0.25, 0.3) is 0 Å². The normalized spacial score (nSPS) is 32.6. The van der Waals surface area contributed by atoms with Crippen molar-refractivity contribution in [1.82, 2.24) is 4.90 Å². The SMILES string of the molecule is COP(CC/C=C(\C)CO)O[N+]12CCN(CC1)CC2. The molecule has 19 heavy (non-hydrogen) atoms. The Morgan fingerprint density at radius 3 is 2.47 bits per heavy atom. The molecule has 0 aromatic heterocycles. The van der Waals surface area contributed by atoms with Gasteiger partial charge in [0.2, 0.25) is 8.38 Å². The summed E-state index contributed by atoms with van der Waals surface area (Å²) in [6.07, 6.45) is 3.90. The summed E-state index contributed by atoms with van der Waals surface area (Å²) in [5, 5.41) is 8.97. The highest BCUT2D eigenvalue weighted by Gasteiger charge is 2.42. The third-order valence-electron chi connectivity index (χ3n) is 3.99. The van der Waals surface area contributed by atoms with Crippen molar-refractivity contribution in [3.63, 3.8) is 0 Å². The van der Waals surface area contributed by atoms with Crippen LogP contribution in [0.2, 0.25) is 0 Å². The zero-order chi connectivity index (χ0) is 13.7. The molecule has 3 rings (SSSR count). The van der Waals surface area contributed by atoms with Crippen LogP contribution in [0.15, 0.2) is 11.6 Å². The van der Waals surface area contributed by atoms with Crippen LogP contribution in [0.25, 0.3) is 0 Å². The average molecular weight is 289 g/mol. The molecular formula is C13H26N2O3P+. The second kappa shape index (κ2) is 7.11. The van der Waals surface area contributed by atoms with Crippen molar-refractivity contribution in [2.24, 2.45) is 0 Å². The average Bonchev–Trinajstić information content (AvgIpc) is 2.47. The number of nitrogens with zero attached hydrogens (tertiary/aromatic N) is 2. The van der Waals surface area contributed by atoms with Gasteiger partial charge in [-0.25, -0.2) is 0 Å². The lowest BCUT2D eigenvalue weighted by molar-refractivity contribution is -1.09. The molecule has 0 aromatic carbocycles. The summed E-state index contributed by atoms with van der Waals surface area (Å²) in [6.45, 7) is 8.81. The fourth-order valence-corrected chi connectivity index (χ4v) is 3.91. The van der Waals surface area contributed by atoms with Gasteiger partial charge in [0.05, 0.1) is 26.2 Å². The molecule has 3 aliphatic rings. The molecule has 3 saturated heterocycles. The minimum absolute atomic E-state index is 0.140. The molecule has 2 bridgehead atoms. The molecular weight excluding hydrogens is 263 g/mol. The zero-order valence-electron chi connectivity index (χ0n) is 12.0. The van der Waals surface area contributed by atoms with E-state index < -0.39 is 8.38 Å². The Morgan fingerprint density at radius 1 is 1.32 bits per heavy atom. The summed E-state index contributed by atoms with van der Waals surface area (Å²) in [5.41, 5.74) is 1.02. The molecule has 0 aliphatic carbocycles. The van der Waals surface area contributed by atoms with Gasteiger partial charge in [0.15, 0.2) is 0 Å². The maximum Gasteiger partial charge on any atom is 0.238 e. The van der Waals surface area contributed by atoms with Gasteiger partial charge in [-0.05, 0) is 13.3 Å². The van der Waals surface area contributed by atoms with Crippen LogP contribution in [0.5, 0.6) is 0 Å². The topological polar surface area (TPSA) is 41.9 Å². The van der Waals surface area contributed by atoms with E-state index in [-0.39, 0.29) is 6.61 Å². The Balaban J connectivity index is 1.81. The first kappa shape index (κ1) is 15.4. The summed E-state index contributed by atoms with van der Waals surface area (Å²) in [5.74, 6) is 0. The third kappa shape index (κ3) is 4.22. The standard InChI is InChI=1S/C13H26N2O3P/c1-13(12-16)4-3-11-19(17-2)18-15-8-5-14(6-9-15)7-10-15/h4,16H,3,5-12H2,1-2H3/q+1/b13-4+. The predicted octanol–water partition coefficient (Wildman–Crippen LogP) is 1.35. The van der Waals surface area contributed by atoms with Crippen LogP contribution in [-0.4, -0.2) is 73.8 Å². The number of allylic oxidation sites excluding steroid dienone is 1. The fourth-order valence-electron chi connectivity index (χ4n) is 2.60. The van der Waals surface area contributed by atoms with Crippen molar-refractivity contribution in [3.8, 4) is 0 Å². The molecule has 3 aliphatic heterocycles. The number of hydrogen-bond acceptors (Lipinski definition) is 4. The van der Waals surface area contributed by atoms with Gasteiger partial charge in [-0.15, -0.1) is 0 Å². The Bertz CT molecular complexity index is 303. The summed E-state index contributed by atoms with van der Waals surface area (Å²) < 4.78 is 12.6. The Labute approximate surface area is 117 Å². The lowest BCUT2D eigenvalue weighted by Gasteiger charge is -2.48. The highest BCUT2D eigenvalue weighted by molar-refractivity contribution is 7.47. The van der Waals surface area contributed by atoms with E-state index in [1.54, 1.807) is 7.11 Å². The molecule has 1 atom stereocenters. The van der Waals surface area contributed by atoms with Crippen LogP contribution >= 0.6 is 8.38 Å². The van der Waals surface area contributed by atoms with Gasteiger partial charge in [-0.1, -0.05) is 11.6 Å². The number of hydroxylamine groups is 3.